The van der Waals surface area contributed by atoms with Crippen molar-refractivity contribution in [1.82, 2.24) is 9.99 Å². The summed E-state index contributed by atoms with van der Waals surface area (Å²) in [5, 5.41) is 6.87. The number of halogens is 2. The van der Waals surface area contributed by atoms with Gasteiger partial charge in [0.2, 0.25) is 0 Å². The van der Waals surface area contributed by atoms with Crippen LogP contribution >= 0.6 is 23.2 Å². The molecule has 0 unspecified atom stereocenters. The summed E-state index contributed by atoms with van der Waals surface area (Å²) in [4.78, 5) is 37.3. The molecule has 0 saturated heterocycles. The number of carbonyl (C=O) groups excluding carboxylic acids is 3. The third kappa shape index (κ3) is 4.75. The van der Waals surface area contributed by atoms with Crippen molar-refractivity contribution in [3.8, 4) is 0 Å². The lowest BCUT2D eigenvalue weighted by molar-refractivity contribution is -0.136. The second-order valence-corrected chi connectivity index (χ2v) is 7.53. The normalized spacial score (nSPS) is 10.7. The van der Waals surface area contributed by atoms with E-state index in [-0.39, 0.29) is 5.69 Å². The van der Waals surface area contributed by atoms with E-state index < -0.39 is 17.7 Å². The number of nitrogens with one attached hydrogen (secondary N) is 3. The summed E-state index contributed by atoms with van der Waals surface area (Å²) in [5.74, 6) is -2.16. The smallest absolute Gasteiger partial charge is 0.328 e. The van der Waals surface area contributed by atoms with Crippen molar-refractivity contribution >= 4 is 57.5 Å². The molecule has 1 aromatic heterocycles. The fourth-order valence-electron chi connectivity index (χ4n) is 2.81. The van der Waals surface area contributed by atoms with Gasteiger partial charge < -0.3 is 10.6 Å². The van der Waals surface area contributed by atoms with Crippen LogP contribution in [0.2, 0.25) is 10.0 Å². The summed E-state index contributed by atoms with van der Waals surface area (Å²) in [6.45, 7) is 4.10. The van der Waals surface area contributed by atoms with Crippen LogP contribution in [0, 0.1) is 6.92 Å². The fraction of sp³-hybridized carbons (Fsp3) is 0.190. The second-order valence-electron chi connectivity index (χ2n) is 6.68. The molecule has 0 bridgehead atoms. The van der Waals surface area contributed by atoms with Gasteiger partial charge in [0.05, 0.1) is 5.52 Å². The minimum absolute atomic E-state index is 0.126. The topological polar surface area (TPSA) is 92.2 Å². The van der Waals surface area contributed by atoms with E-state index in [0.29, 0.717) is 39.6 Å². The van der Waals surface area contributed by atoms with Gasteiger partial charge in [0.15, 0.2) is 0 Å². The van der Waals surface area contributed by atoms with Gasteiger partial charge in [-0.1, -0.05) is 36.2 Å². The molecule has 0 atom stereocenters. The number of hydrogen-bond donors (Lipinski definition) is 3. The van der Waals surface area contributed by atoms with Crippen LogP contribution in [-0.2, 0) is 9.59 Å². The van der Waals surface area contributed by atoms with E-state index in [1.807, 2.05) is 13.8 Å². The average Bonchev–Trinajstić information content (AvgIpc) is 3.06. The molecular weight excluding hydrogens is 427 g/mol. The highest BCUT2D eigenvalue weighted by molar-refractivity contribution is 6.38. The molecule has 1 heterocycles. The maximum Gasteiger partial charge on any atom is 0.328 e. The summed E-state index contributed by atoms with van der Waals surface area (Å²) < 4.78 is 1.27. The van der Waals surface area contributed by atoms with Crippen LogP contribution in [0.5, 0.6) is 0 Å². The molecule has 2 aromatic carbocycles. The molecular formula is C21H20Cl2N4O3. The number of amides is 3. The number of carbonyl (C=O) groups is 3. The zero-order chi connectivity index (χ0) is 21.8. The van der Waals surface area contributed by atoms with Crippen LogP contribution in [0.15, 0.2) is 42.5 Å². The van der Waals surface area contributed by atoms with E-state index in [2.05, 4.69) is 16.1 Å². The Balaban J connectivity index is 1.95. The molecule has 0 aliphatic rings. The summed E-state index contributed by atoms with van der Waals surface area (Å²) in [5.41, 5.74) is 4.50. The van der Waals surface area contributed by atoms with Gasteiger partial charge in [-0.15, -0.1) is 0 Å². The van der Waals surface area contributed by atoms with Gasteiger partial charge in [-0.25, -0.2) is 4.68 Å². The summed E-state index contributed by atoms with van der Waals surface area (Å²) in [7, 11) is 0. The van der Waals surface area contributed by atoms with Gasteiger partial charge in [0, 0.05) is 27.7 Å². The van der Waals surface area contributed by atoms with Crippen molar-refractivity contribution in [2.24, 2.45) is 0 Å². The predicted octanol–water partition coefficient (Wildman–Crippen LogP) is 4.11. The van der Waals surface area contributed by atoms with Gasteiger partial charge >= 0.3 is 11.8 Å². The number of hydrogen-bond acceptors (Lipinski definition) is 3. The Kier molecular flexibility index (Phi) is 6.64. The lowest BCUT2D eigenvalue weighted by atomic mass is 10.2. The molecule has 0 aliphatic carbocycles. The Labute approximate surface area is 183 Å². The third-order valence-corrected chi connectivity index (χ3v) is 5.02. The second kappa shape index (κ2) is 9.19. The van der Waals surface area contributed by atoms with Crippen molar-refractivity contribution < 1.29 is 14.4 Å². The molecule has 7 nitrogen and oxygen atoms in total. The zero-order valence-electron chi connectivity index (χ0n) is 16.4. The first-order chi connectivity index (χ1) is 14.3. The maximum atomic E-state index is 12.9. The van der Waals surface area contributed by atoms with Crippen molar-refractivity contribution in [2.45, 2.75) is 20.3 Å². The van der Waals surface area contributed by atoms with Gasteiger partial charge in [-0.2, -0.15) is 0 Å². The average molecular weight is 447 g/mol. The highest BCUT2D eigenvalue weighted by Crippen LogP contribution is 2.25. The van der Waals surface area contributed by atoms with Crippen LogP contribution in [0.25, 0.3) is 10.9 Å². The predicted molar refractivity (Wildman–Crippen MR) is 119 cm³/mol. The highest BCUT2D eigenvalue weighted by atomic mass is 35.5. The van der Waals surface area contributed by atoms with E-state index in [1.54, 1.807) is 42.5 Å². The lowest BCUT2D eigenvalue weighted by Gasteiger charge is -2.13. The number of benzene rings is 2. The first kappa shape index (κ1) is 21.7. The minimum atomic E-state index is -0.886. The number of anilines is 1. The van der Waals surface area contributed by atoms with Crippen LogP contribution in [0.3, 0.4) is 0 Å². The largest absolute Gasteiger partial charge is 0.348 e. The molecule has 0 fully saturated rings. The van der Waals surface area contributed by atoms with Crippen molar-refractivity contribution in [3.63, 3.8) is 0 Å². The van der Waals surface area contributed by atoms with Crippen molar-refractivity contribution in [1.29, 1.82) is 0 Å². The molecule has 3 rings (SSSR count). The van der Waals surface area contributed by atoms with Crippen LogP contribution < -0.4 is 16.1 Å². The maximum absolute atomic E-state index is 12.9. The number of rotatable bonds is 5. The first-order valence-corrected chi connectivity index (χ1v) is 10.0. The van der Waals surface area contributed by atoms with Crippen LogP contribution in [-0.4, -0.2) is 28.9 Å². The Hall–Kier alpha value is -3.03. The van der Waals surface area contributed by atoms with E-state index in [1.165, 1.54) is 4.68 Å². The third-order valence-electron chi connectivity index (χ3n) is 4.38. The quantitative estimate of drug-likeness (QED) is 0.514. The Morgan fingerprint density at radius 1 is 1.00 bits per heavy atom. The van der Waals surface area contributed by atoms with Gasteiger partial charge in [-0.05, 0) is 55.3 Å². The summed E-state index contributed by atoms with van der Waals surface area (Å²) >= 11 is 12.2. The van der Waals surface area contributed by atoms with E-state index in [0.717, 1.165) is 5.56 Å². The molecule has 0 saturated carbocycles. The molecule has 3 aromatic rings. The lowest BCUT2D eigenvalue weighted by Crippen LogP contribution is -2.40. The molecule has 0 radical (unpaired) electrons. The van der Waals surface area contributed by atoms with E-state index >= 15 is 0 Å². The highest BCUT2D eigenvalue weighted by Gasteiger charge is 2.21. The number of aromatic nitrogens is 1. The van der Waals surface area contributed by atoms with Crippen molar-refractivity contribution in [2.75, 3.05) is 17.3 Å². The van der Waals surface area contributed by atoms with Crippen molar-refractivity contribution in [3.05, 3.63) is 63.8 Å². The number of aryl methyl sites for hydroxylation is 1. The molecule has 9 heteroatoms. The Morgan fingerprint density at radius 3 is 2.47 bits per heavy atom. The number of fused-ring (bicyclic) bond motifs is 1. The summed E-state index contributed by atoms with van der Waals surface area (Å²) in [6, 6.07) is 11.7. The molecule has 156 valence electrons. The summed E-state index contributed by atoms with van der Waals surface area (Å²) in [6.07, 6.45) is 0.691. The van der Waals surface area contributed by atoms with E-state index in [4.69, 9.17) is 23.2 Å². The zero-order valence-corrected chi connectivity index (χ0v) is 17.9. The molecule has 0 aliphatic heterocycles. The molecule has 3 N–H and O–H groups in total. The fourth-order valence-corrected chi connectivity index (χ4v) is 3.17. The van der Waals surface area contributed by atoms with Gasteiger partial charge in [0.25, 0.3) is 5.91 Å². The minimum Gasteiger partial charge on any atom is -0.348 e. The molecule has 3 amide bonds. The van der Waals surface area contributed by atoms with Gasteiger partial charge in [0.1, 0.15) is 5.69 Å². The monoisotopic (exact) mass is 446 g/mol. The standard InChI is InChI=1S/C21H20Cl2N4O3/c1-3-8-24-20(29)21(30)26-27-17-7-5-14(22)9-13(17)10-18(27)19(28)25-15-6-4-12(2)16(23)11-15/h4-7,9-11H,3,8H2,1-2H3,(H,24,29)(H,25,28)(H,26,30). The Morgan fingerprint density at radius 2 is 1.77 bits per heavy atom. The van der Waals surface area contributed by atoms with Gasteiger partial charge in [-0.3, -0.25) is 19.8 Å². The first-order valence-electron chi connectivity index (χ1n) is 9.28. The Bertz CT molecular complexity index is 1140. The molecule has 30 heavy (non-hydrogen) atoms. The van der Waals surface area contributed by atoms with E-state index in [9.17, 15) is 14.4 Å². The van der Waals surface area contributed by atoms with Crippen LogP contribution in [0.1, 0.15) is 29.4 Å². The number of nitrogens with zero attached hydrogens (tertiary/aromatic N) is 1. The SMILES string of the molecule is CCCNC(=O)C(=O)Nn1c(C(=O)Nc2ccc(C)c(Cl)c2)cc2cc(Cl)ccc21. The molecule has 0 spiro atoms. The van der Waals surface area contributed by atoms with Crippen LogP contribution in [0.4, 0.5) is 5.69 Å².